The monoisotopic (exact) mass is 301 g/mol. The van der Waals surface area contributed by atoms with Crippen LogP contribution in [-0.2, 0) is 12.8 Å². The van der Waals surface area contributed by atoms with Gasteiger partial charge in [-0.15, -0.1) is 0 Å². The van der Waals surface area contributed by atoms with Crippen LogP contribution in [0.3, 0.4) is 0 Å². The van der Waals surface area contributed by atoms with Gasteiger partial charge >= 0.3 is 0 Å². The third kappa shape index (κ3) is 3.82. The molecular formula is C19H31N3. The predicted molar refractivity (Wildman–Crippen MR) is 94.9 cm³/mol. The van der Waals surface area contributed by atoms with Gasteiger partial charge in [0, 0.05) is 45.0 Å². The van der Waals surface area contributed by atoms with Crippen molar-refractivity contribution < 1.29 is 0 Å². The minimum absolute atomic E-state index is 1.13. The lowest BCUT2D eigenvalue weighted by Crippen LogP contribution is -2.44. The van der Waals surface area contributed by atoms with E-state index in [0.29, 0.717) is 0 Å². The van der Waals surface area contributed by atoms with Crippen LogP contribution >= 0.6 is 0 Å². The maximum absolute atomic E-state index is 2.62. The van der Waals surface area contributed by atoms with E-state index in [1.54, 1.807) is 5.56 Å². The molecule has 22 heavy (non-hydrogen) atoms. The van der Waals surface area contributed by atoms with Gasteiger partial charge in [0.1, 0.15) is 0 Å². The molecule has 122 valence electrons. The summed E-state index contributed by atoms with van der Waals surface area (Å²) in [6.07, 6.45) is 5.09. The molecule has 0 amide bonds. The molecule has 2 aliphatic heterocycles. The van der Waals surface area contributed by atoms with E-state index in [1.807, 2.05) is 0 Å². The molecule has 1 saturated heterocycles. The van der Waals surface area contributed by atoms with Gasteiger partial charge in [-0.3, -0.25) is 0 Å². The first-order valence-corrected chi connectivity index (χ1v) is 9.04. The second-order valence-corrected chi connectivity index (χ2v) is 6.89. The number of aryl methyl sites for hydroxylation is 2. The number of fused-ring (bicyclic) bond motifs is 1. The molecule has 2 aliphatic rings. The molecule has 3 nitrogen and oxygen atoms in total. The Labute approximate surface area is 135 Å². The Morgan fingerprint density at radius 2 is 1.86 bits per heavy atom. The standard InChI is InChI=1S/C19H31N3/c1-3-22-11-5-7-18-16-17(8-9-19(18)22)6-4-10-21-14-12-20(2)13-15-21/h8-9,16H,3-7,10-15H2,1-2H3. The van der Waals surface area contributed by atoms with Crippen LogP contribution < -0.4 is 4.90 Å². The van der Waals surface area contributed by atoms with Gasteiger partial charge in [0.15, 0.2) is 0 Å². The first kappa shape index (κ1) is 15.8. The van der Waals surface area contributed by atoms with Crippen molar-refractivity contribution in [1.82, 2.24) is 9.80 Å². The van der Waals surface area contributed by atoms with Crippen LogP contribution in [0.15, 0.2) is 18.2 Å². The molecule has 0 atom stereocenters. The summed E-state index contributed by atoms with van der Waals surface area (Å²) in [5.41, 5.74) is 4.59. The maximum Gasteiger partial charge on any atom is 0.0398 e. The molecule has 1 fully saturated rings. The van der Waals surface area contributed by atoms with E-state index < -0.39 is 0 Å². The van der Waals surface area contributed by atoms with E-state index in [9.17, 15) is 0 Å². The number of rotatable bonds is 5. The number of nitrogens with zero attached hydrogens (tertiary/aromatic N) is 3. The molecule has 0 aliphatic carbocycles. The van der Waals surface area contributed by atoms with Crippen molar-refractivity contribution in [3.05, 3.63) is 29.3 Å². The van der Waals surface area contributed by atoms with Crippen LogP contribution in [-0.4, -0.2) is 62.7 Å². The van der Waals surface area contributed by atoms with E-state index in [2.05, 4.69) is 46.9 Å². The van der Waals surface area contributed by atoms with Crippen molar-refractivity contribution in [2.75, 3.05) is 57.8 Å². The lowest BCUT2D eigenvalue weighted by atomic mass is 9.97. The van der Waals surface area contributed by atoms with E-state index in [0.717, 1.165) is 6.54 Å². The molecule has 3 rings (SSSR count). The van der Waals surface area contributed by atoms with Gasteiger partial charge in [-0.05, 0) is 63.4 Å². The smallest absolute Gasteiger partial charge is 0.0398 e. The predicted octanol–water partition coefficient (Wildman–Crippen LogP) is 2.64. The van der Waals surface area contributed by atoms with Gasteiger partial charge in [-0.25, -0.2) is 0 Å². The van der Waals surface area contributed by atoms with E-state index in [1.165, 1.54) is 76.2 Å². The van der Waals surface area contributed by atoms with Crippen molar-refractivity contribution in [3.63, 3.8) is 0 Å². The Balaban J connectivity index is 1.51. The van der Waals surface area contributed by atoms with E-state index in [4.69, 9.17) is 0 Å². The summed E-state index contributed by atoms with van der Waals surface area (Å²) >= 11 is 0. The number of hydrogen-bond donors (Lipinski definition) is 0. The van der Waals surface area contributed by atoms with Crippen LogP contribution in [0, 0.1) is 0 Å². The number of likely N-dealkylation sites (N-methyl/N-ethyl adjacent to an activating group) is 1. The normalized spacial score (nSPS) is 20.2. The zero-order chi connectivity index (χ0) is 15.4. The summed E-state index contributed by atoms with van der Waals surface area (Å²) in [5, 5.41) is 0. The topological polar surface area (TPSA) is 9.72 Å². The molecule has 0 aromatic heterocycles. The zero-order valence-electron chi connectivity index (χ0n) is 14.4. The third-order valence-corrected chi connectivity index (χ3v) is 5.28. The first-order chi connectivity index (χ1) is 10.8. The van der Waals surface area contributed by atoms with Gasteiger partial charge in [0.2, 0.25) is 0 Å². The Morgan fingerprint density at radius 1 is 1.05 bits per heavy atom. The molecule has 0 bridgehead atoms. The summed E-state index contributed by atoms with van der Waals surface area (Å²) in [4.78, 5) is 7.57. The molecule has 0 saturated carbocycles. The van der Waals surface area contributed by atoms with Gasteiger partial charge < -0.3 is 14.7 Å². The summed E-state index contributed by atoms with van der Waals surface area (Å²) in [6.45, 7) is 10.8. The number of hydrogen-bond acceptors (Lipinski definition) is 3. The van der Waals surface area contributed by atoms with Crippen molar-refractivity contribution in [1.29, 1.82) is 0 Å². The molecule has 1 aromatic carbocycles. The molecular weight excluding hydrogens is 270 g/mol. The van der Waals surface area contributed by atoms with Crippen LogP contribution in [0.2, 0.25) is 0 Å². The first-order valence-electron chi connectivity index (χ1n) is 9.04. The fourth-order valence-electron chi connectivity index (χ4n) is 3.79. The highest BCUT2D eigenvalue weighted by Crippen LogP contribution is 2.28. The highest BCUT2D eigenvalue weighted by Gasteiger charge is 2.16. The van der Waals surface area contributed by atoms with Gasteiger partial charge in [-0.1, -0.05) is 12.1 Å². The minimum Gasteiger partial charge on any atom is -0.372 e. The average Bonchev–Trinajstić information content (AvgIpc) is 2.56. The third-order valence-electron chi connectivity index (χ3n) is 5.28. The fourth-order valence-corrected chi connectivity index (χ4v) is 3.79. The Hall–Kier alpha value is -1.06. The quantitative estimate of drug-likeness (QED) is 0.828. The number of anilines is 1. The van der Waals surface area contributed by atoms with E-state index >= 15 is 0 Å². The van der Waals surface area contributed by atoms with Crippen molar-refractivity contribution >= 4 is 5.69 Å². The molecule has 0 spiro atoms. The minimum atomic E-state index is 1.13. The zero-order valence-corrected chi connectivity index (χ0v) is 14.4. The fraction of sp³-hybridized carbons (Fsp3) is 0.684. The van der Waals surface area contributed by atoms with Crippen molar-refractivity contribution in [3.8, 4) is 0 Å². The van der Waals surface area contributed by atoms with Gasteiger partial charge in [0.25, 0.3) is 0 Å². The summed E-state index contributed by atoms with van der Waals surface area (Å²) in [5.74, 6) is 0. The van der Waals surface area contributed by atoms with Crippen molar-refractivity contribution in [2.24, 2.45) is 0 Å². The summed E-state index contributed by atoms with van der Waals surface area (Å²) in [7, 11) is 2.23. The van der Waals surface area contributed by atoms with E-state index in [-0.39, 0.29) is 0 Å². The second-order valence-electron chi connectivity index (χ2n) is 6.89. The molecule has 0 unspecified atom stereocenters. The molecule has 3 heteroatoms. The lowest BCUT2D eigenvalue weighted by molar-refractivity contribution is 0.153. The summed E-state index contributed by atoms with van der Waals surface area (Å²) < 4.78 is 0. The van der Waals surface area contributed by atoms with Crippen LogP contribution in [0.4, 0.5) is 5.69 Å². The Bertz CT molecular complexity index is 478. The van der Waals surface area contributed by atoms with Gasteiger partial charge in [0.05, 0.1) is 0 Å². The highest BCUT2D eigenvalue weighted by molar-refractivity contribution is 5.56. The van der Waals surface area contributed by atoms with Crippen LogP contribution in [0.1, 0.15) is 30.9 Å². The molecule has 2 heterocycles. The lowest BCUT2D eigenvalue weighted by Gasteiger charge is -2.32. The van der Waals surface area contributed by atoms with Gasteiger partial charge in [-0.2, -0.15) is 0 Å². The number of piperazine rings is 1. The molecule has 0 N–H and O–H groups in total. The number of benzene rings is 1. The average molecular weight is 301 g/mol. The van der Waals surface area contributed by atoms with Crippen molar-refractivity contribution in [2.45, 2.75) is 32.6 Å². The SMILES string of the molecule is CCN1CCCc2cc(CCCN3CCN(C)CC3)ccc21. The van der Waals surface area contributed by atoms with Crippen LogP contribution in [0.5, 0.6) is 0 Å². The molecule has 0 radical (unpaired) electrons. The largest absolute Gasteiger partial charge is 0.372 e. The highest BCUT2D eigenvalue weighted by atomic mass is 15.2. The Kier molecular flexibility index (Phi) is 5.37. The Morgan fingerprint density at radius 3 is 2.64 bits per heavy atom. The second kappa shape index (κ2) is 7.47. The molecule has 1 aromatic rings. The maximum atomic E-state index is 2.62. The van der Waals surface area contributed by atoms with Crippen LogP contribution in [0.25, 0.3) is 0 Å². The summed E-state index contributed by atoms with van der Waals surface area (Å²) in [6, 6.07) is 7.20.